The maximum Gasteiger partial charge on any atom is 0.303 e. The maximum atomic E-state index is 10.3. The second kappa shape index (κ2) is 5.09. The maximum absolute atomic E-state index is 10.3. The van der Waals surface area contributed by atoms with Crippen LogP contribution in [0.4, 0.5) is 0 Å². The number of hydrogen-bond donors (Lipinski definition) is 1. The second-order valence-electron chi connectivity index (χ2n) is 4.49. The minimum atomic E-state index is -0.798. The summed E-state index contributed by atoms with van der Waals surface area (Å²) in [5, 5.41) is 16.4. The van der Waals surface area contributed by atoms with Crippen molar-refractivity contribution in [2.24, 2.45) is 0 Å². The number of aliphatic carboxylic acids is 1. The van der Waals surface area contributed by atoms with Crippen molar-refractivity contribution in [2.45, 2.75) is 51.9 Å². The van der Waals surface area contributed by atoms with E-state index in [0.717, 1.165) is 6.42 Å². The lowest BCUT2D eigenvalue weighted by Crippen LogP contribution is -2.15. The summed E-state index contributed by atoms with van der Waals surface area (Å²) in [4.78, 5) is 10.3. The van der Waals surface area contributed by atoms with Gasteiger partial charge >= 0.3 is 5.97 Å². The van der Waals surface area contributed by atoms with Gasteiger partial charge in [-0.15, -0.1) is 10.2 Å². The molecule has 0 fully saturated rings. The Morgan fingerprint density at radius 2 is 2.12 bits per heavy atom. The molecule has 90 valence electrons. The zero-order valence-electron chi connectivity index (χ0n) is 9.99. The number of hydrogen-bond acceptors (Lipinski definition) is 4. The summed E-state index contributed by atoms with van der Waals surface area (Å²) in [7, 11) is 0. The number of carboxylic acids is 1. The van der Waals surface area contributed by atoms with Gasteiger partial charge in [0, 0.05) is 18.3 Å². The largest absolute Gasteiger partial charge is 0.481 e. The van der Waals surface area contributed by atoms with Crippen molar-refractivity contribution in [3.05, 3.63) is 11.8 Å². The van der Waals surface area contributed by atoms with E-state index in [9.17, 15) is 4.79 Å². The average molecular weight is 226 g/mol. The number of nitrogens with zero attached hydrogens (tertiary/aromatic N) is 2. The van der Waals surface area contributed by atoms with Gasteiger partial charge in [-0.05, 0) is 12.8 Å². The van der Waals surface area contributed by atoms with Gasteiger partial charge in [-0.2, -0.15) is 0 Å². The highest BCUT2D eigenvalue weighted by atomic mass is 16.4. The van der Waals surface area contributed by atoms with Gasteiger partial charge in [-0.25, -0.2) is 0 Å². The summed E-state index contributed by atoms with van der Waals surface area (Å²) in [5.41, 5.74) is -0.113. The van der Waals surface area contributed by atoms with Gasteiger partial charge in [-0.3, -0.25) is 4.79 Å². The van der Waals surface area contributed by atoms with Crippen molar-refractivity contribution < 1.29 is 14.3 Å². The van der Waals surface area contributed by atoms with E-state index in [0.29, 0.717) is 24.6 Å². The lowest BCUT2D eigenvalue weighted by atomic mass is 9.90. The molecule has 1 aromatic rings. The quantitative estimate of drug-likeness (QED) is 0.804. The summed E-state index contributed by atoms with van der Waals surface area (Å²) < 4.78 is 5.51. The molecule has 0 saturated heterocycles. The van der Waals surface area contributed by atoms with Crippen molar-refractivity contribution >= 4 is 5.97 Å². The van der Waals surface area contributed by atoms with Crippen molar-refractivity contribution in [1.29, 1.82) is 0 Å². The fourth-order valence-corrected chi connectivity index (χ4v) is 1.17. The van der Waals surface area contributed by atoms with E-state index in [1.165, 1.54) is 0 Å². The Bertz CT molecular complexity index is 358. The molecule has 5 heteroatoms. The van der Waals surface area contributed by atoms with Crippen LogP contribution in [0.25, 0.3) is 0 Å². The third kappa shape index (κ3) is 3.32. The number of rotatable bonds is 6. The molecule has 0 aliphatic heterocycles. The van der Waals surface area contributed by atoms with Crippen LogP contribution in [0.3, 0.4) is 0 Å². The smallest absolute Gasteiger partial charge is 0.303 e. The Labute approximate surface area is 94.9 Å². The Morgan fingerprint density at radius 3 is 2.69 bits per heavy atom. The number of carboxylic acid groups (broad SMARTS) is 1. The minimum Gasteiger partial charge on any atom is -0.481 e. The van der Waals surface area contributed by atoms with Crippen LogP contribution >= 0.6 is 0 Å². The van der Waals surface area contributed by atoms with E-state index in [1.54, 1.807) is 0 Å². The van der Waals surface area contributed by atoms with E-state index in [1.807, 2.05) is 13.8 Å². The molecule has 0 unspecified atom stereocenters. The van der Waals surface area contributed by atoms with Gasteiger partial charge in [-0.1, -0.05) is 20.8 Å². The third-order valence-corrected chi connectivity index (χ3v) is 2.71. The third-order valence-electron chi connectivity index (χ3n) is 2.71. The monoisotopic (exact) mass is 226 g/mol. The van der Waals surface area contributed by atoms with Gasteiger partial charge in [0.05, 0.1) is 0 Å². The van der Waals surface area contributed by atoms with Gasteiger partial charge in [0.2, 0.25) is 11.8 Å². The summed E-state index contributed by atoms with van der Waals surface area (Å²) in [6.45, 7) is 6.15. The van der Waals surface area contributed by atoms with E-state index in [-0.39, 0.29) is 11.8 Å². The molecule has 0 bridgehead atoms. The predicted molar refractivity (Wildman–Crippen MR) is 58.2 cm³/mol. The van der Waals surface area contributed by atoms with Gasteiger partial charge < -0.3 is 9.52 Å². The van der Waals surface area contributed by atoms with Crippen molar-refractivity contribution in [1.82, 2.24) is 10.2 Å². The molecule has 0 aliphatic rings. The Hall–Kier alpha value is -1.39. The first-order valence-corrected chi connectivity index (χ1v) is 5.50. The van der Waals surface area contributed by atoms with Crippen molar-refractivity contribution in [3.8, 4) is 0 Å². The zero-order chi connectivity index (χ0) is 12.2. The zero-order valence-corrected chi connectivity index (χ0v) is 9.99. The normalized spacial score (nSPS) is 11.7. The molecule has 1 rings (SSSR count). The van der Waals surface area contributed by atoms with E-state index in [4.69, 9.17) is 9.52 Å². The standard InChI is InChI=1S/C11H18N2O3/c1-4-11(2,3)10-13-12-8(16-10)6-5-7-9(14)15/h4-7H2,1-3H3,(H,14,15). The van der Waals surface area contributed by atoms with Crippen LogP contribution in [0.15, 0.2) is 4.42 Å². The molecule has 5 nitrogen and oxygen atoms in total. The molecule has 0 spiro atoms. The van der Waals surface area contributed by atoms with E-state index >= 15 is 0 Å². The van der Waals surface area contributed by atoms with Crippen LogP contribution < -0.4 is 0 Å². The molecule has 1 N–H and O–H groups in total. The minimum absolute atomic E-state index is 0.113. The van der Waals surface area contributed by atoms with Crippen LogP contribution in [-0.2, 0) is 16.6 Å². The molecule has 0 saturated carbocycles. The van der Waals surface area contributed by atoms with Gasteiger partial charge in [0.1, 0.15) is 0 Å². The first-order valence-electron chi connectivity index (χ1n) is 5.50. The molecule has 0 radical (unpaired) electrons. The van der Waals surface area contributed by atoms with E-state index < -0.39 is 5.97 Å². The first kappa shape index (κ1) is 12.7. The lowest BCUT2D eigenvalue weighted by molar-refractivity contribution is -0.137. The predicted octanol–water partition coefficient (Wildman–Crippen LogP) is 2.16. The number of aromatic nitrogens is 2. The average Bonchev–Trinajstić information content (AvgIpc) is 2.66. The van der Waals surface area contributed by atoms with Crippen molar-refractivity contribution in [3.63, 3.8) is 0 Å². The first-order chi connectivity index (χ1) is 7.45. The molecule has 1 heterocycles. The summed E-state index contributed by atoms with van der Waals surface area (Å²) in [6, 6.07) is 0. The highest BCUT2D eigenvalue weighted by Gasteiger charge is 2.24. The molecule has 1 aromatic heterocycles. The molecule has 0 aliphatic carbocycles. The van der Waals surface area contributed by atoms with Crippen LogP contribution in [0.1, 0.15) is 51.8 Å². The highest BCUT2D eigenvalue weighted by Crippen LogP contribution is 2.25. The van der Waals surface area contributed by atoms with Gasteiger partial charge in [0.15, 0.2) is 0 Å². The summed E-state index contributed by atoms with van der Waals surface area (Å²) in [6.07, 6.45) is 2.11. The van der Waals surface area contributed by atoms with E-state index in [2.05, 4.69) is 17.1 Å². The topological polar surface area (TPSA) is 76.2 Å². The van der Waals surface area contributed by atoms with Crippen molar-refractivity contribution in [2.75, 3.05) is 0 Å². The number of carbonyl (C=O) groups is 1. The Kier molecular flexibility index (Phi) is 4.04. The molecule has 16 heavy (non-hydrogen) atoms. The van der Waals surface area contributed by atoms with Crippen LogP contribution in [0, 0.1) is 0 Å². The summed E-state index contributed by atoms with van der Waals surface area (Å²) >= 11 is 0. The Balaban J connectivity index is 2.55. The molecule has 0 amide bonds. The fraction of sp³-hybridized carbons (Fsp3) is 0.727. The van der Waals surface area contributed by atoms with Crippen LogP contribution in [-0.4, -0.2) is 21.3 Å². The van der Waals surface area contributed by atoms with Crippen LogP contribution in [0.5, 0.6) is 0 Å². The highest BCUT2D eigenvalue weighted by molar-refractivity contribution is 5.66. The molecular formula is C11H18N2O3. The summed E-state index contributed by atoms with van der Waals surface area (Å²) in [5.74, 6) is 0.353. The SMILES string of the molecule is CCC(C)(C)c1nnc(CCCC(=O)O)o1. The Morgan fingerprint density at radius 1 is 1.44 bits per heavy atom. The van der Waals surface area contributed by atoms with Gasteiger partial charge in [0.25, 0.3) is 0 Å². The van der Waals surface area contributed by atoms with Crippen LogP contribution in [0.2, 0.25) is 0 Å². The molecule has 0 aromatic carbocycles. The molecular weight excluding hydrogens is 208 g/mol. The lowest BCUT2D eigenvalue weighted by Gasteiger charge is -2.16. The molecule has 0 atom stereocenters. The number of aryl methyl sites for hydroxylation is 1. The second-order valence-corrected chi connectivity index (χ2v) is 4.49. The fourth-order valence-electron chi connectivity index (χ4n) is 1.17.